The van der Waals surface area contributed by atoms with Crippen LogP contribution in [0, 0.1) is 0 Å². The van der Waals surface area contributed by atoms with E-state index in [0.717, 1.165) is 6.26 Å². The van der Waals surface area contributed by atoms with Crippen molar-refractivity contribution in [1.29, 1.82) is 0 Å². The highest BCUT2D eigenvalue weighted by molar-refractivity contribution is 5.86. The van der Waals surface area contributed by atoms with Crippen LogP contribution in [-0.2, 0) is 20.7 Å². The standard InChI is InChI=1S/C14H20N2O7/c1-14(2,3)23-13(20)16-8(11(17)18)5-6-10-15-9(7-22-10)12(19)21-4/h7-8H,5-6H2,1-4H3,(H,16,20)(H,17,18)/t8-/m1/s1. The number of esters is 1. The molecule has 0 aliphatic carbocycles. The molecule has 1 amide bonds. The number of carboxylic acids is 1. The van der Waals surface area contributed by atoms with Crippen LogP contribution in [-0.4, -0.2) is 46.9 Å². The Balaban J connectivity index is 2.60. The van der Waals surface area contributed by atoms with Gasteiger partial charge in [0, 0.05) is 6.42 Å². The van der Waals surface area contributed by atoms with Gasteiger partial charge in [-0.3, -0.25) is 0 Å². The third-order valence-corrected chi connectivity index (χ3v) is 2.58. The van der Waals surface area contributed by atoms with E-state index < -0.39 is 29.7 Å². The summed E-state index contributed by atoms with van der Waals surface area (Å²) in [6.45, 7) is 5.01. The average molecular weight is 328 g/mol. The first-order valence-electron chi connectivity index (χ1n) is 6.87. The van der Waals surface area contributed by atoms with Crippen molar-refractivity contribution in [2.75, 3.05) is 7.11 Å². The molecule has 0 saturated heterocycles. The second kappa shape index (κ2) is 7.61. The van der Waals surface area contributed by atoms with E-state index in [0.29, 0.717) is 0 Å². The predicted octanol–water partition coefficient (Wildman–Crippen LogP) is 1.37. The normalized spacial score (nSPS) is 12.3. The highest BCUT2D eigenvalue weighted by Gasteiger charge is 2.24. The van der Waals surface area contributed by atoms with Gasteiger partial charge in [-0.15, -0.1) is 0 Å². The third-order valence-electron chi connectivity index (χ3n) is 2.58. The number of aliphatic carboxylic acids is 1. The Kier molecular flexibility index (Phi) is 6.11. The van der Waals surface area contributed by atoms with E-state index in [1.54, 1.807) is 20.8 Å². The second-order valence-corrected chi connectivity index (χ2v) is 5.69. The van der Waals surface area contributed by atoms with Gasteiger partial charge in [-0.2, -0.15) is 0 Å². The Bertz CT molecular complexity index is 574. The molecule has 23 heavy (non-hydrogen) atoms. The number of aromatic nitrogens is 1. The van der Waals surface area contributed by atoms with Crippen LogP contribution >= 0.6 is 0 Å². The number of carbonyl (C=O) groups excluding carboxylic acids is 2. The smallest absolute Gasteiger partial charge is 0.408 e. The molecule has 0 radical (unpaired) electrons. The fraction of sp³-hybridized carbons (Fsp3) is 0.571. The van der Waals surface area contributed by atoms with Crippen LogP contribution in [0.5, 0.6) is 0 Å². The van der Waals surface area contributed by atoms with E-state index in [2.05, 4.69) is 15.0 Å². The summed E-state index contributed by atoms with van der Waals surface area (Å²) < 4.78 is 14.5. The quantitative estimate of drug-likeness (QED) is 0.749. The predicted molar refractivity (Wildman–Crippen MR) is 77.0 cm³/mol. The molecule has 1 rings (SSSR count). The number of hydrogen-bond acceptors (Lipinski definition) is 7. The molecule has 0 saturated carbocycles. The summed E-state index contributed by atoms with van der Waals surface area (Å²) in [5.74, 6) is -1.69. The molecule has 0 unspecified atom stereocenters. The van der Waals surface area contributed by atoms with E-state index in [4.69, 9.17) is 14.3 Å². The molecule has 0 spiro atoms. The number of rotatable bonds is 6. The largest absolute Gasteiger partial charge is 0.480 e. The number of carbonyl (C=O) groups is 3. The lowest BCUT2D eigenvalue weighted by molar-refractivity contribution is -0.139. The van der Waals surface area contributed by atoms with Gasteiger partial charge in [0.1, 0.15) is 17.9 Å². The molecule has 2 N–H and O–H groups in total. The van der Waals surface area contributed by atoms with Gasteiger partial charge in [0.25, 0.3) is 0 Å². The lowest BCUT2D eigenvalue weighted by atomic mass is 10.1. The first-order chi connectivity index (χ1) is 10.6. The van der Waals surface area contributed by atoms with Gasteiger partial charge in [-0.05, 0) is 27.2 Å². The van der Waals surface area contributed by atoms with E-state index in [1.165, 1.54) is 7.11 Å². The van der Waals surface area contributed by atoms with Crippen molar-refractivity contribution in [3.63, 3.8) is 0 Å². The van der Waals surface area contributed by atoms with Crippen LogP contribution in [0.1, 0.15) is 43.6 Å². The Morgan fingerprint density at radius 2 is 2.04 bits per heavy atom. The summed E-state index contributed by atoms with van der Waals surface area (Å²) in [5, 5.41) is 11.4. The van der Waals surface area contributed by atoms with Gasteiger partial charge in [0.15, 0.2) is 11.6 Å². The molecule has 1 aromatic heterocycles. The molecule has 1 aromatic rings. The van der Waals surface area contributed by atoms with Crippen LogP contribution in [0.4, 0.5) is 4.79 Å². The number of alkyl carbamates (subject to hydrolysis) is 1. The number of carboxylic acid groups (broad SMARTS) is 1. The van der Waals surface area contributed by atoms with Gasteiger partial charge >= 0.3 is 18.0 Å². The van der Waals surface area contributed by atoms with Crippen molar-refractivity contribution in [3.05, 3.63) is 17.8 Å². The van der Waals surface area contributed by atoms with E-state index in [9.17, 15) is 14.4 Å². The zero-order valence-corrected chi connectivity index (χ0v) is 13.4. The summed E-state index contributed by atoms with van der Waals surface area (Å²) in [6.07, 6.45) is 0.435. The first-order valence-corrected chi connectivity index (χ1v) is 6.87. The summed E-state index contributed by atoms with van der Waals surface area (Å²) in [4.78, 5) is 37.9. The van der Waals surface area contributed by atoms with Gasteiger partial charge in [-0.25, -0.2) is 19.4 Å². The van der Waals surface area contributed by atoms with Gasteiger partial charge in [0.2, 0.25) is 0 Å². The molecule has 1 atom stereocenters. The highest BCUT2D eigenvalue weighted by Crippen LogP contribution is 2.10. The van der Waals surface area contributed by atoms with Gasteiger partial charge in [-0.1, -0.05) is 0 Å². The van der Waals surface area contributed by atoms with E-state index in [1.807, 2.05) is 0 Å². The Hall–Kier alpha value is -2.58. The SMILES string of the molecule is COC(=O)c1coc(CC[C@@H](NC(=O)OC(C)(C)C)C(=O)O)n1. The zero-order valence-electron chi connectivity index (χ0n) is 13.4. The molecular weight excluding hydrogens is 308 g/mol. The molecule has 0 bridgehead atoms. The van der Waals surface area contributed by atoms with Crippen molar-refractivity contribution in [1.82, 2.24) is 10.3 Å². The van der Waals surface area contributed by atoms with Gasteiger partial charge in [0.05, 0.1) is 7.11 Å². The van der Waals surface area contributed by atoms with Crippen LogP contribution in [0.15, 0.2) is 10.7 Å². The Labute approximate surface area is 133 Å². The number of amides is 1. The highest BCUT2D eigenvalue weighted by atomic mass is 16.6. The number of hydrogen-bond donors (Lipinski definition) is 2. The van der Waals surface area contributed by atoms with Crippen molar-refractivity contribution in [2.24, 2.45) is 0 Å². The van der Waals surface area contributed by atoms with E-state index >= 15 is 0 Å². The molecule has 9 nitrogen and oxygen atoms in total. The molecule has 128 valence electrons. The van der Waals surface area contributed by atoms with Crippen LogP contribution in [0.3, 0.4) is 0 Å². The lowest BCUT2D eigenvalue weighted by Gasteiger charge is -2.21. The molecular formula is C14H20N2O7. The topological polar surface area (TPSA) is 128 Å². The molecule has 0 aliphatic heterocycles. The number of nitrogens with one attached hydrogen (secondary N) is 1. The number of aryl methyl sites for hydroxylation is 1. The minimum Gasteiger partial charge on any atom is -0.480 e. The number of oxazole rings is 1. The van der Waals surface area contributed by atoms with Crippen LogP contribution in [0.2, 0.25) is 0 Å². The molecule has 9 heteroatoms. The van der Waals surface area contributed by atoms with Crippen LogP contribution in [0.25, 0.3) is 0 Å². The summed E-state index contributed by atoms with van der Waals surface area (Å²) >= 11 is 0. The minimum absolute atomic E-state index is 0.00511. The van der Waals surface area contributed by atoms with Crippen molar-refractivity contribution in [3.8, 4) is 0 Å². The lowest BCUT2D eigenvalue weighted by Crippen LogP contribution is -2.43. The van der Waals surface area contributed by atoms with Crippen molar-refractivity contribution < 1.29 is 33.4 Å². The Morgan fingerprint density at radius 3 is 2.57 bits per heavy atom. The van der Waals surface area contributed by atoms with Crippen molar-refractivity contribution >= 4 is 18.0 Å². The maximum Gasteiger partial charge on any atom is 0.408 e. The van der Waals surface area contributed by atoms with Crippen LogP contribution < -0.4 is 5.32 Å². The zero-order chi connectivity index (χ0) is 17.6. The third kappa shape index (κ3) is 6.37. The molecule has 0 aromatic carbocycles. The molecule has 1 heterocycles. The second-order valence-electron chi connectivity index (χ2n) is 5.69. The number of nitrogens with zero attached hydrogens (tertiary/aromatic N) is 1. The van der Waals surface area contributed by atoms with E-state index in [-0.39, 0.29) is 24.4 Å². The molecule has 0 aliphatic rings. The Morgan fingerprint density at radius 1 is 1.39 bits per heavy atom. The number of ether oxygens (including phenoxy) is 2. The minimum atomic E-state index is -1.21. The first kappa shape index (κ1) is 18.5. The fourth-order valence-corrected chi connectivity index (χ4v) is 1.60. The average Bonchev–Trinajstić information content (AvgIpc) is 2.89. The summed E-state index contributed by atoms with van der Waals surface area (Å²) in [7, 11) is 1.21. The van der Waals surface area contributed by atoms with Gasteiger partial charge < -0.3 is 24.3 Å². The number of methoxy groups -OCH3 is 1. The van der Waals surface area contributed by atoms with Crippen molar-refractivity contribution in [2.45, 2.75) is 45.3 Å². The maximum absolute atomic E-state index is 11.6. The summed E-state index contributed by atoms with van der Waals surface area (Å²) in [5.41, 5.74) is -0.736. The molecule has 0 fully saturated rings. The maximum atomic E-state index is 11.6. The fourth-order valence-electron chi connectivity index (χ4n) is 1.60. The summed E-state index contributed by atoms with van der Waals surface area (Å²) in [6, 6.07) is -1.17. The monoisotopic (exact) mass is 328 g/mol.